The Kier molecular flexibility index (Phi) is 8.89. The van der Waals surface area contributed by atoms with Crippen LogP contribution >= 0.6 is 0 Å². The Morgan fingerprint density at radius 3 is 2.67 bits per heavy atom. The second-order valence-electron chi connectivity index (χ2n) is 7.57. The van der Waals surface area contributed by atoms with E-state index < -0.39 is 0 Å². The summed E-state index contributed by atoms with van der Waals surface area (Å²) < 4.78 is 5.46. The molecule has 24 heavy (non-hydrogen) atoms. The lowest BCUT2D eigenvalue weighted by Gasteiger charge is -2.27. The first-order chi connectivity index (χ1) is 11.7. The third kappa shape index (κ3) is 6.98. The minimum absolute atomic E-state index is 0.626. The minimum Gasteiger partial charge on any atom is -0.381 e. The molecule has 1 N–H and O–H groups in total. The SMILES string of the molecule is CCNC(=NCC(C)CN1CCCC1)N(C)CCC1CCOCC1. The van der Waals surface area contributed by atoms with E-state index in [1.807, 2.05) is 0 Å². The lowest BCUT2D eigenvalue weighted by molar-refractivity contribution is 0.0625. The van der Waals surface area contributed by atoms with E-state index in [1.54, 1.807) is 0 Å². The van der Waals surface area contributed by atoms with Gasteiger partial charge in [0.1, 0.15) is 0 Å². The fourth-order valence-corrected chi connectivity index (χ4v) is 3.69. The van der Waals surface area contributed by atoms with Crippen molar-refractivity contribution in [3.63, 3.8) is 0 Å². The van der Waals surface area contributed by atoms with Crippen LogP contribution in [0.5, 0.6) is 0 Å². The van der Waals surface area contributed by atoms with Crippen molar-refractivity contribution in [1.82, 2.24) is 15.1 Å². The number of ether oxygens (including phenoxy) is 1. The molecule has 0 aliphatic carbocycles. The first-order valence-corrected chi connectivity index (χ1v) is 9.98. The fraction of sp³-hybridized carbons (Fsp3) is 0.947. The summed E-state index contributed by atoms with van der Waals surface area (Å²) in [5.41, 5.74) is 0. The van der Waals surface area contributed by atoms with Crippen LogP contribution in [-0.4, -0.2) is 75.3 Å². The number of rotatable bonds is 8. The van der Waals surface area contributed by atoms with Gasteiger partial charge in [-0.15, -0.1) is 0 Å². The molecule has 5 nitrogen and oxygen atoms in total. The molecule has 0 radical (unpaired) electrons. The van der Waals surface area contributed by atoms with Gasteiger partial charge in [0.05, 0.1) is 0 Å². The van der Waals surface area contributed by atoms with Gasteiger partial charge < -0.3 is 19.9 Å². The lowest BCUT2D eigenvalue weighted by Crippen LogP contribution is -2.40. The highest BCUT2D eigenvalue weighted by Crippen LogP contribution is 2.18. The van der Waals surface area contributed by atoms with Gasteiger partial charge in [0.25, 0.3) is 0 Å². The molecule has 1 unspecified atom stereocenters. The molecule has 0 saturated carbocycles. The topological polar surface area (TPSA) is 40.1 Å². The number of nitrogens with zero attached hydrogens (tertiary/aromatic N) is 3. The summed E-state index contributed by atoms with van der Waals surface area (Å²) in [6, 6.07) is 0. The van der Waals surface area contributed by atoms with E-state index in [1.165, 1.54) is 51.7 Å². The summed E-state index contributed by atoms with van der Waals surface area (Å²) >= 11 is 0. The van der Waals surface area contributed by atoms with E-state index in [-0.39, 0.29) is 0 Å². The fourth-order valence-electron chi connectivity index (χ4n) is 3.69. The highest BCUT2D eigenvalue weighted by Gasteiger charge is 2.17. The van der Waals surface area contributed by atoms with Crippen molar-refractivity contribution in [3.05, 3.63) is 0 Å². The van der Waals surface area contributed by atoms with Gasteiger partial charge in [-0.2, -0.15) is 0 Å². The van der Waals surface area contributed by atoms with Crippen molar-refractivity contribution in [2.75, 3.05) is 59.5 Å². The lowest BCUT2D eigenvalue weighted by atomic mass is 9.96. The van der Waals surface area contributed by atoms with Gasteiger partial charge in [0, 0.05) is 46.4 Å². The molecule has 0 spiro atoms. The first kappa shape index (κ1) is 19.5. The van der Waals surface area contributed by atoms with Crippen LogP contribution in [0.4, 0.5) is 0 Å². The van der Waals surface area contributed by atoms with Crippen LogP contribution in [0.2, 0.25) is 0 Å². The maximum absolute atomic E-state index is 5.46. The van der Waals surface area contributed by atoms with Gasteiger partial charge in [-0.3, -0.25) is 4.99 Å². The molecule has 2 aliphatic heterocycles. The van der Waals surface area contributed by atoms with E-state index in [0.717, 1.165) is 44.7 Å². The molecule has 2 saturated heterocycles. The minimum atomic E-state index is 0.626. The summed E-state index contributed by atoms with van der Waals surface area (Å²) in [6.07, 6.45) is 6.41. The van der Waals surface area contributed by atoms with Gasteiger partial charge in [0.2, 0.25) is 0 Å². The van der Waals surface area contributed by atoms with Gasteiger partial charge in [-0.1, -0.05) is 6.92 Å². The predicted octanol–water partition coefficient (Wildman–Crippen LogP) is 2.43. The Hall–Kier alpha value is -0.810. The number of likely N-dealkylation sites (tertiary alicyclic amines) is 1. The maximum Gasteiger partial charge on any atom is 0.193 e. The Morgan fingerprint density at radius 1 is 1.29 bits per heavy atom. The Bertz CT molecular complexity index is 362. The van der Waals surface area contributed by atoms with Crippen LogP contribution < -0.4 is 5.32 Å². The van der Waals surface area contributed by atoms with E-state index >= 15 is 0 Å². The molecule has 1 atom stereocenters. The Labute approximate surface area is 148 Å². The van der Waals surface area contributed by atoms with Crippen LogP contribution in [0.1, 0.15) is 46.0 Å². The van der Waals surface area contributed by atoms with Gasteiger partial charge in [-0.05, 0) is 64.0 Å². The molecule has 0 bridgehead atoms. The second-order valence-corrected chi connectivity index (χ2v) is 7.57. The highest BCUT2D eigenvalue weighted by atomic mass is 16.5. The average molecular weight is 339 g/mol. The molecule has 140 valence electrons. The highest BCUT2D eigenvalue weighted by molar-refractivity contribution is 5.79. The normalized spacial score (nSPS) is 21.9. The molecule has 2 fully saturated rings. The van der Waals surface area contributed by atoms with E-state index in [0.29, 0.717) is 5.92 Å². The average Bonchev–Trinajstić information content (AvgIpc) is 3.10. The number of hydrogen-bond donors (Lipinski definition) is 1. The van der Waals surface area contributed by atoms with Crippen LogP contribution in [-0.2, 0) is 4.74 Å². The summed E-state index contributed by atoms with van der Waals surface area (Å²) in [5, 5.41) is 3.46. The van der Waals surface area contributed by atoms with Crippen LogP contribution in [0.25, 0.3) is 0 Å². The molecule has 2 aliphatic rings. The molecular weight excluding hydrogens is 300 g/mol. The summed E-state index contributed by atoms with van der Waals surface area (Å²) in [4.78, 5) is 9.79. The molecule has 2 rings (SSSR count). The first-order valence-electron chi connectivity index (χ1n) is 9.98. The Morgan fingerprint density at radius 2 is 2.00 bits per heavy atom. The maximum atomic E-state index is 5.46. The quantitative estimate of drug-likeness (QED) is 0.545. The van der Waals surface area contributed by atoms with E-state index in [4.69, 9.17) is 9.73 Å². The molecule has 0 aromatic carbocycles. The molecule has 5 heteroatoms. The van der Waals surface area contributed by atoms with Crippen molar-refractivity contribution in [2.24, 2.45) is 16.8 Å². The second kappa shape index (κ2) is 10.9. The molecule has 0 aromatic heterocycles. The van der Waals surface area contributed by atoms with Crippen molar-refractivity contribution in [1.29, 1.82) is 0 Å². The molecule has 0 amide bonds. The zero-order valence-corrected chi connectivity index (χ0v) is 16.1. The third-order valence-electron chi connectivity index (χ3n) is 5.23. The van der Waals surface area contributed by atoms with Crippen molar-refractivity contribution in [3.8, 4) is 0 Å². The number of guanidine groups is 1. The summed E-state index contributed by atoms with van der Waals surface area (Å²) in [6.45, 7) is 13.0. The van der Waals surface area contributed by atoms with E-state index in [2.05, 4.69) is 36.0 Å². The number of aliphatic imine (C=N–C) groups is 1. The zero-order chi connectivity index (χ0) is 17.2. The Balaban J connectivity index is 1.74. The smallest absolute Gasteiger partial charge is 0.193 e. The predicted molar refractivity (Wildman–Crippen MR) is 102 cm³/mol. The molecular formula is C19H38N4O. The van der Waals surface area contributed by atoms with Crippen molar-refractivity contribution < 1.29 is 4.74 Å². The summed E-state index contributed by atoms with van der Waals surface area (Å²) in [5.74, 6) is 2.51. The third-order valence-corrected chi connectivity index (χ3v) is 5.23. The van der Waals surface area contributed by atoms with Gasteiger partial charge >= 0.3 is 0 Å². The van der Waals surface area contributed by atoms with Crippen molar-refractivity contribution >= 4 is 5.96 Å². The molecule has 2 heterocycles. The van der Waals surface area contributed by atoms with Crippen LogP contribution in [0, 0.1) is 11.8 Å². The number of hydrogen-bond acceptors (Lipinski definition) is 3. The standard InChI is InChI=1S/C19H38N4O/c1-4-20-19(21-15-17(2)16-23-10-5-6-11-23)22(3)12-7-18-8-13-24-14-9-18/h17-18H,4-16H2,1-3H3,(H,20,21). The van der Waals surface area contributed by atoms with Gasteiger partial charge in [-0.25, -0.2) is 0 Å². The van der Waals surface area contributed by atoms with Crippen LogP contribution in [0.15, 0.2) is 4.99 Å². The zero-order valence-electron chi connectivity index (χ0n) is 16.1. The summed E-state index contributed by atoms with van der Waals surface area (Å²) in [7, 11) is 2.17. The molecule has 0 aromatic rings. The van der Waals surface area contributed by atoms with E-state index in [9.17, 15) is 0 Å². The monoisotopic (exact) mass is 338 g/mol. The van der Waals surface area contributed by atoms with Crippen molar-refractivity contribution in [2.45, 2.75) is 46.0 Å². The number of nitrogens with one attached hydrogen (secondary N) is 1. The van der Waals surface area contributed by atoms with Crippen LogP contribution in [0.3, 0.4) is 0 Å². The van der Waals surface area contributed by atoms with Gasteiger partial charge in [0.15, 0.2) is 5.96 Å². The largest absolute Gasteiger partial charge is 0.381 e.